The van der Waals surface area contributed by atoms with Crippen LogP contribution in [0.4, 0.5) is 0 Å². The fourth-order valence-corrected chi connectivity index (χ4v) is 8.70. The molecule has 0 saturated carbocycles. The van der Waals surface area contributed by atoms with Crippen LogP contribution in [0.1, 0.15) is 245 Å². The number of esters is 1. The highest BCUT2D eigenvalue weighted by molar-refractivity contribution is 7.47. The summed E-state index contributed by atoms with van der Waals surface area (Å²) in [4.78, 5) is 37.5. The normalized spacial score (nSPS) is 14.3. The van der Waals surface area contributed by atoms with Crippen LogP contribution in [0.3, 0.4) is 0 Å². The van der Waals surface area contributed by atoms with Crippen molar-refractivity contribution < 1.29 is 37.3 Å². The smallest absolute Gasteiger partial charge is 0.456 e. The molecular weight excluding hydrogens is 892 g/mol. The molecule has 3 unspecified atom stereocenters. The van der Waals surface area contributed by atoms with E-state index in [9.17, 15) is 19.0 Å². The van der Waals surface area contributed by atoms with Gasteiger partial charge in [0, 0.05) is 12.8 Å². The molecule has 0 aliphatic carbocycles. The number of phosphoric acid groups is 1. The van der Waals surface area contributed by atoms with E-state index in [1.165, 1.54) is 116 Å². The summed E-state index contributed by atoms with van der Waals surface area (Å²) in [7, 11) is 1.47. The second-order valence-electron chi connectivity index (χ2n) is 20.4. The molecule has 1 amide bonds. The molecule has 9 nitrogen and oxygen atoms in total. The van der Waals surface area contributed by atoms with Gasteiger partial charge in [-0.25, -0.2) is 4.57 Å². The number of unbranched alkanes of at least 4 members (excludes halogenated alkanes) is 25. The molecule has 3 atom stereocenters. The Hall–Kier alpha value is -2.55. The van der Waals surface area contributed by atoms with Crippen molar-refractivity contribution in [1.29, 1.82) is 0 Å². The van der Waals surface area contributed by atoms with E-state index >= 15 is 0 Å². The number of nitrogens with zero attached hydrogens (tertiary/aromatic N) is 1. The first-order valence-electron chi connectivity index (χ1n) is 28.8. The van der Waals surface area contributed by atoms with Crippen molar-refractivity contribution in [3.05, 3.63) is 72.9 Å². The van der Waals surface area contributed by atoms with Crippen LogP contribution in [-0.2, 0) is 27.9 Å². The van der Waals surface area contributed by atoms with Gasteiger partial charge in [0.05, 0.1) is 33.8 Å². The lowest BCUT2D eigenvalue weighted by Crippen LogP contribution is -2.47. The summed E-state index contributed by atoms with van der Waals surface area (Å²) >= 11 is 0. The van der Waals surface area contributed by atoms with E-state index in [4.69, 9.17) is 13.8 Å². The molecule has 70 heavy (non-hydrogen) atoms. The first-order chi connectivity index (χ1) is 33.9. The van der Waals surface area contributed by atoms with Crippen molar-refractivity contribution >= 4 is 19.7 Å². The second-order valence-corrected chi connectivity index (χ2v) is 21.9. The number of quaternary nitrogens is 1. The largest absolute Gasteiger partial charge is 0.472 e. The van der Waals surface area contributed by atoms with Crippen molar-refractivity contribution in [2.75, 3.05) is 40.9 Å². The van der Waals surface area contributed by atoms with Gasteiger partial charge in [-0.1, -0.05) is 229 Å². The highest BCUT2D eigenvalue weighted by Crippen LogP contribution is 2.43. The van der Waals surface area contributed by atoms with Crippen LogP contribution in [-0.4, -0.2) is 74.3 Å². The Morgan fingerprint density at radius 2 is 0.914 bits per heavy atom. The highest BCUT2D eigenvalue weighted by Gasteiger charge is 2.30. The first-order valence-corrected chi connectivity index (χ1v) is 30.3. The number of hydrogen-bond donors (Lipinski definition) is 2. The number of phosphoric ester groups is 1. The summed E-state index contributed by atoms with van der Waals surface area (Å²) in [5.41, 5.74) is 0. The van der Waals surface area contributed by atoms with Gasteiger partial charge in [-0.3, -0.25) is 18.6 Å². The topological polar surface area (TPSA) is 111 Å². The Kier molecular flexibility index (Phi) is 48.2. The Bertz CT molecular complexity index is 1430. The molecule has 0 spiro atoms. The Morgan fingerprint density at radius 3 is 1.39 bits per heavy atom. The fourth-order valence-electron chi connectivity index (χ4n) is 7.97. The zero-order chi connectivity index (χ0) is 51.5. The molecule has 2 N–H and O–H groups in total. The number of allylic oxidation sites excluding steroid dienone is 11. The lowest BCUT2D eigenvalue weighted by Gasteiger charge is -2.27. The molecule has 0 aromatic carbocycles. The average molecular weight is 1000 g/mol. The number of rotatable bonds is 51. The number of ether oxygens (including phenoxy) is 1. The first kappa shape index (κ1) is 67.5. The Labute approximate surface area is 432 Å². The summed E-state index contributed by atoms with van der Waals surface area (Å²) in [6.45, 7) is 6.86. The quantitative estimate of drug-likeness (QED) is 0.0205. The van der Waals surface area contributed by atoms with Gasteiger partial charge < -0.3 is 19.4 Å². The van der Waals surface area contributed by atoms with Crippen LogP contribution in [0.5, 0.6) is 0 Å². The number of nitrogens with one attached hydrogen (secondary N) is 1. The van der Waals surface area contributed by atoms with Crippen LogP contribution in [0, 0.1) is 0 Å². The van der Waals surface area contributed by atoms with Crippen molar-refractivity contribution in [3.63, 3.8) is 0 Å². The summed E-state index contributed by atoms with van der Waals surface area (Å²) in [6, 6.07) is -0.865. The predicted octanol–water partition coefficient (Wildman–Crippen LogP) is 17.3. The zero-order valence-electron chi connectivity index (χ0n) is 46.2. The lowest BCUT2D eigenvalue weighted by atomic mass is 10.0. The van der Waals surface area contributed by atoms with E-state index in [0.717, 1.165) is 89.9 Å². The van der Waals surface area contributed by atoms with Crippen LogP contribution in [0.15, 0.2) is 72.9 Å². The van der Waals surface area contributed by atoms with Gasteiger partial charge in [0.25, 0.3) is 0 Å². The van der Waals surface area contributed by atoms with E-state index in [1.54, 1.807) is 0 Å². The van der Waals surface area contributed by atoms with Gasteiger partial charge in [0.1, 0.15) is 19.3 Å². The summed E-state index contributed by atoms with van der Waals surface area (Å²) < 4.78 is 30.6. The minimum Gasteiger partial charge on any atom is -0.456 e. The SMILES string of the molecule is CC/C=C\C/C=C\C/C=C\C/C=C\C/C=C\CCCCCC(=O)NC(COP(=O)(O)OCC[N+](C)(C)C)C(/C=C\CCCCCCCCCCC)OC(=O)CCCCCCCCCCCCCCCC. The Balaban J connectivity index is 5.36. The number of carbonyl (C=O) groups is 2. The molecule has 10 heteroatoms. The standard InChI is InChI=1S/C60H109N2O7P/c1-7-10-13-16-19-22-25-27-29-30-31-32-33-34-37-40-43-46-49-52-59(63)61-57(56-68-70(65,66)67-55-54-62(4,5)6)58(51-48-45-42-39-36-24-21-18-15-12-9-3)69-60(64)53-50-47-44-41-38-35-28-26-23-20-17-14-11-8-2/h10,13,19,22,27,29,31-32,34,37,48,51,57-58H,7-9,11-12,14-18,20-21,23-26,28,30,33,35-36,38-47,49-50,52-56H2,1-6H3,(H-,61,63,65,66)/p+1/b13-10-,22-19-,29-27-,32-31-,37-34-,51-48-. The van der Waals surface area contributed by atoms with Crippen molar-refractivity contribution in [2.45, 2.75) is 258 Å². The predicted molar refractivity (Wildman–Crippen MR) is 300 cm³/mol. The monoisotopic (exact) mass is 1000 g/mol. The van der Waals surface area contributed by atoms with Gasteiger partial charge in [-0.15, -0.1) is 0 Å². The molecule has 0 heterocycles. The second kappa shape index (κ2) is 50.0. The molecule has 0 fully saturated rings. The molecule has 0 aromatic rings. The van der Waals surface area contributed by atoms with E-state index < -0.39 is 20.0 Å². The number of carbonyl (C=O) groups excluding carboxylic acids is 2. The minimum atomic E-state index is -4.45. The maximum absolute atomic E-state index is 13.5. The molecule has 0 aromatic heterocycles. The van der Waals surface area contributed by atoms with Gasteiger partial charge in [-0.05, 0) is 76.7 Å². The van der Waals surface area contributed by atoms with Crippen LogP contribution >= 0.6 is 7.82 Å². The van der Waals surface area contributed by atoms with Crippen molar-refractivity contribution in [3.8, 4) is 0 Å². The van der Waals surface area contributed by atoms with Crippen LogP contribution in [0.25, 0.3) is 0 Å². The summed E-state index contributed by atoms with van der Waals surface area (Å²) in [6.07, 6.45) is 63.2. The van der Waals surface area contributed by atoms with E-state index in [1.807, 2.05) is 33.3 Å². The van der Waals surface area contributed by atoms with Crippen LogP contribution < -0.4 is 5.32 Å². The van der Waals surface area contributed by atoms with E-state index in [-0.39, 0.29) is 31.5 Å². The van der Waals surface area contributed by atoms with Gasteiger partial charge in [-0.2, -0.15) is 0 Å². The maximum Gasteiger partial charge on any atom is 0.472 e. The number of amides is 1. The lowest BCUT2D eigenvalue weighted by molar-refractivity contribution is -0.870. The van der Waals surface area contributed by atoms with E-state index in [0.29, 0.717) is 23.9 Å². The molecular formula is C60H110N2O7P+. The molecule has 0 aliphatic rings. The molecule has 0 bridgehead atoms. The van der Waals surface area contributed by atoms with Crippen molar-refractivity contribution in [1.82, 2.24) is 5.32 Å². The number of likely N-dealkylation sites (N-methyl/N-ethyl adjacent to an activating group) is 1. The van der Waals surface area contributed by atoms with Gasteiger partial charge >= 0.3 is 13.8 Å². The summed E-state index contributed by atoms with van der Waals surface area (Å²) in [5.74, 6) is -0.542. The maximum atomic E-state index is 13.5. The third kappa shape index (κ3) is 50.4. The van der Waals surface area contributed by atoms with Gasteiger partial charge in [0.15, 0.2) is 0 Å². The third-order valence-corrected chi connectivity index (χ3v) is 13.4. The van der Waals surface area contributed by atoms with Crippen LogP contribution in [0.2, 0.25) is 0 Å². The Morgan fingerprint density at radius 1 is 0.514 bits per heavy atom. The summed E-state index contributed by atoms with van der Waals surface area (Å²) in [5, 5.41) is 3.03. The average Bonchev–Trinajstić information content (AvgIpc) is 3.32. The molecule has 406 valence electrons. The highest BCUT2D eigenvalue weighted by atomic mass is 31.2. The molecule has 0 saturated heterocycles. The van der Waals surface area contributed by atoms with Crippen molar-refractivity contribution in [2.24, 2.45) is 0 Å². The molecule has 0 rings (SSSR count). The molecule has 0 radical (unpaired) electrons. The fraction of sp³-hybridized carbons (Fsp3) is 0.767. The third-order valence-electron chi connectivity index (χ3n) is 12.4. The zero-order valence-corrected chi connectivity index (χ0v) is 47.1. The minimum absolute atomic E-state index is 0.0319. The van der Waals surface area contributed by atoms with E-state index in [2.05, 4.69) is 86.8 Å². The van der Waals surface area contributed by atoms with Gasteiger partial charge in [0.2, 0.25) is 5.91 Å². The molecule has 0 aliphatic heterocycles. The number of hydrogen-bond acceptors (Lipinski definition) is 6.